The van der Waals surface area contributed by atoms with Crippen molar-refractivity contribution in [3.05, 3.63) is 60.8 Å². The molecule has 0 fully saturated rings. The van der Waals surface area contributed by atoms with Crippen molar-refractivity contribution in [1.82, 2.24) is 0 Å². The van der Waals surface area contributed by atoms with Crippen molar-refractivity contribution in [2.75, 3.05) is 26.4 Å². The molecule has 0 saturated heterocycles. The van der Waals surface area contributed by atoms with E-state index in [0.717, 1.165) is 103 Å². The highest BCUT2D eigenvalue weighted by molar-refractivity contribution is 7.47. The summed E-state index contributed by atoms with van der Waals surface area (Å²) in [5.74, 6) is -1.47. The lowest BCUT2D eigenvalue weighted by Crippen LogP contribution is -2.30. The summed E-state index contributed by atoms with van der Waals surface area (Å²) in [7, 11) is -4.75. The zero-order valence-corrected chi connectivity index (χ0v) is 49.9. The summed E-state index contributed by atoms with van der Waals surface area (Å²) in [5, 5.41) is 9.84. The summed E-state index contributed by atoms with van der Waals surface area (Å²) in [4.78, 5) is 48.7. The van der Waals surface area contributed by atoms with E-state index in [2.05, 4.69) is 81.5 Å². The Kier molecular flexibility index (Phi) is 56.2. The first kappa shape index (κ1) is 73.2. The van der Waals surface area contributed by atoms with E-state index in [-0.39, 0.29) is 25.9 Å². The molecule has 2 N–H and O–H groups in total. The summed E-state index contributed by atoms with van der Waals surface area (Å²) >= 11 is 0. The van der Waals surface area contributed by atoms with Crippen LogP contribution in [0, 0.1) is 0 Å². The summed E-state index contributed by atoms with van der Waals surface area (Å²) in [5.41, 5.74) is 0. The summed E-state index contributed by atoms with van der Waals surface area (Å²) in [6, 6.07) is 0. The van der Waals surface area contributed by atoms with Crippen molar-refractivity contribution < 1.29 is 52.2 Å². The van der Waals surface area contributed by atoms with Crippen LogP contribution in [0.3, 0.4) is 0 Å². The smallest absolute Gasteiger partial charge is 0.462 e. The van der Waals surface area contributed by atoms with E-state index in [9.17, 15) is 28.9 Å². The Hall–Kier alpha value is -2.82. The zero-order valence-electron chi connectivity index (χ0n) is 49.0. The fourth-order valence-electron chi connectivity index (χ4n) is 8.70. The van der Waals surface area contributed by atoms with Crippen LogP contribution in [0.5, 0.6) is 0 Å². The molecule has 0 aromatic rings. The van der Waals surface area contributed by atoms with Gasteiger partial charge in [0.2, 0.25) is 0 Å². The van der Waals surface area contributed by atoms with E-state index in [1.165, 1.54) is 128 Å². The Morgan fingerprint density at radius 2 is 0.684 bits per heavy atom. The Morgan fingerprint density at radius 3 is 1.08 bits per heavy atom. The molecular weight excluding hydrogens is 976 g/mol. The van der Waals surface area contributed by atoms with Gasteiger partial charge in [-0.1, -0.05) is 248 Å². The fourth-order valence-corrected chi connectivity index (χ4v) is 9.48. The fraction of sp³-hybridized carbons (Fsp3) is 0.797. The number of allylic oxidation sites excluding steroid dienone is 10. The van der Waals surface area contributed by atoms with E-state index < -0.39 is 57.8 Å². The molecular formula is C64H115O11P. The van der Waals surface area contributed by atoms with Crippen molar-refractivity contribution in [3.8, 4) is 0 Å². The SMILES string of the molecule is CC/C=C\C/C=C\C/C=C\CCCCCCCC(=O)OCC(COP(=O)(O)OCC(CO)OC(=O)CCCCCCCCCCCCCCCCC)OC(=O)CCCCCCCCCCC/C=C\C/C=C\CCCCC. The molecule has 0 saturated carbocycles. The molecule has 0 spiro atoms. The van der Waals surface area contributed by atoms with E-state index in [0.29, 0.717) is 19.3 Å². The van der Waals surface area contributed by atoms with Gasteiger partial charge in [0.15, 0.2) is 6.10 Å². The van der Waals surface area contributed by atoms with E-state index >= 15 is 0 Å². The second-order valence-electron chi connectivity index (χ2n) is 20.8. The van der Waals surface area contributed by atoms with Crippen LogP contribution in [0.25, 0.3) is 0 Å². The van der Waals surface area contributed by atoms with Gasteiger partial charge in [-0.05, 0) is 83.5 Å². The number of carbonyl (C=O) groups is 3. The molecule has 0 aromatic heterocycles. The van der Waals surface area contributed by atoms with Crippen molar-refractivity contribution in [2.24, 2.45) is 0 Å². The molecule has 442 valence electrons. The minimum atomic E-state index is -4.75. The third kappa shape index (κ3) is 55.9. The van der Waals surface area contributed by atoms with Gasteiger partial charge in [0.05, 0.1) is 19.8 Å². The van der Waals surface area contributed by atoms with Gasteiger partial charge in [-0.2, -0.15) is 0 Å². The number of aliphatic hydroxyl groups is 1. The summed E-state index contributed by atoms with van der Waals surface area (Å²) in [6.07, 6.45) is 64.5. The average Bonchev–Trinajstić information content (AvgIpc) is 3.41. The number of phosphoric ester groups is 1. The molecule has 76 heavy (non-hydrogen) atoms. The van der Waals surface area contributed by atoms with Gasteiger partial charge in [-0.3, -0.25) is 23.4 Å². The summed E-state index contributed by atoms with van der Waals surface area (Å²) in [6.45, 7) is 4.53. The van der Waals surface area contributed by atoms with Crippen molar-refractivity contribution in [1.29, 1.82) is 0 Å². The molecule has 0 aromatic carbocycles. The van der Waals surface area contributed by atoms with Gasteiger partial charge in [-0.25, -0.2) is 4.57 Å². The normalized spacial score (nSPS) is 13.7. The van der Waals surface area contributed by atoms with Crippen LogP contribution in [-0.2, 0) is 42.2 Å². The molecule has 0 aliphatic carbocycles. The number of phosphoric acid groups is 1. The zero-order chi connectivity index (χ0) is 55.5. The van der Waals surface area contributed by atoms with Crippen LogP contribution in [-0.4, -0.2) is 66.5 Å². The van der Waals surface area contributed by atoms with Crippen molar-refractivity contribution in [2.45, 2.75) is 303 Å². The number of carbonyl (C=O) groups excluding carboxylic acids is 3. The lowest BCUT2D eigenvalue weighted by atomic mass is 10.0. The topological polar surface area (TPSA) is 155 Å². The maximum absolute atomic E-state index is 12.9. The van der Waals surface area contributed by atoms with Crippen molar-refractivity contribution >= 4 is 25.7 Å². The first-order valence-electron chi connectivity index (χ1n) is 31.2. The number of hydrogen-bond donors (Lipinski definition) is 2. The van der Waals surface area contributed by atoms with Gasteiger partial charge in [0, 0.05) is 19.3 Å². The number of rotatable bonds is 58. The number of esters is 3. The van der Waals surface area contributed by atoms with E-state index in [1.807, 2.05) is 0 Å². The minimum absolute atomic E-state index is 0.159. The Morgan fingerprint density at radius 1 is 0.382 bits per heavy atom. The van der Waals surface area contributed by atoms with Crippen LogP contribution in [0.2, 0.25) is 0 Å². The number of unbranched alkanes of at least 4 members (excludes halogenated alkanes) is 31. The quantitative estimate of drug-likeness (QED) is 0.0197. The minimum Gasteiger partial charge on any atom is -0.462 e. The standard InChI is InChI=1S/C64H115O11P/c1-4-7-10-13-16-19-22-25-28-29-30-31-34-37-40-43-46-49-52-55-64(68)75-61(57-71-62(66)53-50-47-44-41-38-35-32-26-23-20-17-14-11-8-5-2)59-73-76(69,70)72-58-60(56-65)74-63(67)54-51-48-45-42-39-36-33-27-24-21-18-15-12-9-6-3/h8,11,16-17,19-20,25-26,28,32,60-61,65H,4-7,9-10,12-15,18,21-24,27,29-31,33-59H2,1-3H3,(H,69,70)/b11-8-,19-16-,20-17-,28-25-,32-26-. The number of aliphatic hydroxyl groups excluding tert-OH is 1. The van der Waals surface area contributed by atoms with Gasteiger partial charge in [0.25, 0.3) is 0 Å². The highest BCUT2D eigenvalue weighted by Crippen LogP contribution is 2.43. The lowest BCUT2D eigenvalue weighted by Gasteiger charge is -2.21. The molecule has 3 atom stereocenters. The van der Waals surface area contributed by atoms with E-state index in [4.69, 9.17) is 23.3 Å². The number of ether oxygens (including phenoxy) is 3. The molecule has 0 aliphatic rings. The van der Waals surface area contributed by atoms with Crippen LogP contribution in [0.1, 0.15) is 290 Å². The predicted octanol–water partition coefficient (Wildman–Crippen LogP) is 18.7. The molecule has 0 rings (SSSR count). The molecule has 0 bridgehead atoms. The van der Waals surface area contributed by atoms with Gasteiger partial charge >= 0.3 is 25.7 Å². The molecule has 0 heterocycles. The maximum atomic E-state index is 12.9. The third-order valence-electron chi connectivity index (χ3n) is 13.4. The lowest BCUT2D eigenvalue weighted by molar-refractivity contribution is -0.161. The first-order valence-corrected chi connectivity index (χ1v) is 32.7. The Labute approximate surface area is 465 Å². The molecule has 0 amide bonds. The van der Waals surface area contributed by atoms with Crippen LogP contribution in [0.15, 0.2) is 60.8 Å². The van der Waals surface area contributed by atoms with Crippen molar-refractivity contribution in [3.63, 3.8) is 0 Å². The monoisotopic (exact) mass is 1090 g/mol. The molecule has 12 heteroatoms. The van der Waals surface area contributed by atoms with Crippen LogP contribution in [0.4, 0.5) is 0 Å². The predicted molar refractivity (Wildman–Crippen MR) is 316 cm³/mol. The highest BCUT2D eigenvalue weighted by atomic mass is 31.2. The second-order valence-corrected chi connectivity index (χ2v) is 22.3. The Bertz CT molecular complexity index is 1510. The Balaban J connectivity index is 4.71. The molecule has 0 radical (unpaired) electrons. The van der Waals surface area contributed by atoms with E-state index in [1.54, 1.807) is 0 Å². The van der Waals surface area contributed by atoms with Gasteiger partial charge in [0.1, 0.15) is 12.7 Å². The number of hydrogen-bond acceptors (Lipinski definition) is 10. The van der Waals surface area contributed by atoms with Gasteiger partial charge < -0.3 is 24.2 Å². The van der Waals surface area contributed by atoms with Gasteiger partial charge in [-0.15, -0.1) is 0 Å². The highest BCUT2D eigenvalue weighted by Gasteiger charge is 2.28. The largest absolute Gasteiger partial charge is 0.472 e. The first-order chi connectivity index (χ1) is 37.2. The molecule has 3 unspecified atom stereocenters. The second kappa shape index (κ2) is 58.3. The van der Waals surface area contributed by atoms with Crippen LogP contribution >= 0.6 is 7.82 Å². The molecule has 0 aliphatic heterocycles. The summed E-state index contributed by atoms with van der Waals surface area (Å²) < 4.78 is 39.6. The maximum Gasteiger partial charge on any atom is 0.472 e. The third-order valence-corrected chi connectivity index (χ3v) is 14.4. The van der Waals surface area contributed by atoms with Crippen LogP contribution < -0.4 is 0 Å². The molecule has 11 nitrogen and oxygen atoms in total. The average molecular weight is 1090 g/mol.